The molecule has 2 heteroatoms. The van der Waals surface area contributed by atoms with Crippen molar-refractivity contribution in [2.45, 2.75) is 32.2 Å². The first-order valence-corrected chi connectivity index (χ1v) is 5.22. The third-order valence-corrected chi connectivity index (χ3v) is 2.92. The first kappa shape index (κ1) is 8.89. The van der Waals surface area contributed by atoms with E-state index in [0.717, 1.165) is 11.4 Å². The monoisotopic (exact) mass is 195 g/mol. The van der Waals surface area contributed by atoms with Crippen LogP contribution in [0.4, 0.5) is 5.69 Å². The minimum atomic E-state index is 0.647. The third-order valence-electron chi connectivity index (χ3n) is 2.68. The fourth-order valence-corrected chi connectivity index (χ4v) is 2.03. The molecule has 13 heavy (non-hydrogen) atoms. The van der Waals surface area contributed by atoms with E-state index in [4.69, 9.17) is 11.6 Å². The zero-order valence-corrected chi connectivity index (χ0v) is 8.56. The van der Waals surface area contributed by atoms with E-state index >= 15 is 0 Å². The molecule has 1 atom stereocenters. The summed E-state index contributed by atoms with van der Waals surface area (Å²) in [5.74, 6) is 0. The average molecular weight is 196 g/mol. The van der Waals surface area contributed by atoms with Crippen molar-refractivity contribution in [3.63, 3.8) is 0 Å². The summed E-state index contributed by atoms with van der Waals surface area (Å²) in [6.45, 7) is 2.22. The molecule has 1 aliphatic heterocycles. The van der Waals surface area contributed by atoms with Crippen LogP contribution in [0.2, 0.25) is 5.02 Å². The molecule has 2 rings (SSSR count). The summed E-state index contributed by atoms with van der Waals surface area (Å²) in [6, 6.07) is 6.74. The molecule has 1 aliphatic rings. The van der Waals surface area contributed by atoms with Crippen molar-refractivity contribution in [3.8, 4) is 0 Å². The highest BCUT2D eigenvalue weighted by molar-refractivity contribution is 6.30. The first-order valence-electron chi connectivity index (χ1n) is 4.84. The molecule has 1 aromatic carbocycles. The molecule has 1 unspecified atom stereocenters. The molecule has 0 radical (unpaired) electrons. The van der Waals surface area contributed by atoms with Gasteiger partial charge in [-0.25, -0.2) is 0 Å². The fourth-order valence-electron chi connectivity index (χ4n) is 1.84. The van der Waals surface area contributed by atoms with E-state index in [1.54, 1.807) is 0 Å². The molecule has 0 amide bonds. The lowest BCUT2D eigenvalue weighted by Crippen LogP contribution is -2.24. The summed E-state index contributed by atoms with van der Waals surface area (Å²) >= 11 is 5.92. The van der Waals surface area contributed by atoms with Crippen molar-refractivity contribution >= 4 is 17.3 Å². The van der Waals surface area contributed by atoms with Crippen LogP contribution in [0.25, 0.3) is 0 Å². The van der Waals surface area contributed by atoms with E-state index in [-0.39, 0.29) is 0 Å². The lowest BCUT2D eigenvalue weighted by molar-refractivity contribution is 0.614. The van der Waals surface area contributed by atoms with Gasteiger partial charge in [-0.1, -0.05) is 18.5 Å². The Hall–Kier alpha value is -0.690. The smallest absolute Gasteiger partial charge is 0.0410 e. The third kappa shape index (κ3) is 1.80. The van der Waals surface area contributed by atoms with E-state index in [0.29, 0.717) is 6.04 Å². The largest absolute Gasteiger partial charge is 0.382 e. The number of aryl methyl sites for hydroxylation is 1. The molecular weight excluding hydrogens is 182 g/mol. The lowest BCUT2D eigenvalue weighted by atomic mass is 9.97. The molecule has 0 saturated heterocycles. The van der Waals surface area contributed by atoms with Crippen molar-refractivity contribution in [1.29, 1.82) is 0 Å². The van der Waals surface area contributed by atoms with Gasteiger partial charge in [0.1, 0.15) is 0 Å². The van der Waals surface area contributed by atoms with E-state index < -0.39 is 0 Å². The molecule has 0 spiro atoms. The van der Waals surface area contributed by atoms with Gasteiger partial charge >= 0.3 is 0 Å². The van der Waals surface area contributed by atoms with Crippen molar-refractivity contribution < 1.29 is 0 Å². The van der Waals surface area contributed by atoms with Gasteiger partial charge < -0.3 is 5.32 Å². The van der Waals surface area contributed by atoms with Crippen LogP contribution in [0, 0.1) is 0 Å². The van der Waals surface area contributed by atoms with Crippen LogP contribution < -0.4 is 5.32 Å². The minimum Gasteiger partial charge on any atom is -0.382 e. The van der Waals surface area contributed by atoms with Crippen LogP contribution in [0.15, 0.2) is 18.2 Å². The number of rotatable bonds is 1. The summed E-state index contributed by atoms with van der Waals surface area (Å²) in [5, 5.41) is 4.36. The standard InChI is InChI=1S/C11H14ClN/c1-2-10-5-3-8-7-9(12)4-6-11(8)13-10/h4,6-7,10,13H,2-3,5H2,1H3. The SMILES string of the molecule is CCC1CCc2cc(Cl)ccc2N1. The summed E-state index contributed by atoms with van der Waals surface area (Å²) in [4.78, 5) is 0. The molecular formula is C11H14ClN. The zero-order chi connectivity index (χ0) is 9.26. The van der Waals surface area contributed by atoms with Gasteiger partial charge in [-0.2, -0.15) is 0 Å². The molecule has 0 aliphatic carbocycles. The predicted molar refractivity (Wildman–Crippen MR) is 57.5 cm³/mol. The Kier molecular flexibility index (Phi) is 2.45. The van der Waals surface area contributed by atoms with Gasteiger partial charge in [0.2, 0.25) is 0 Å². The van der Waals surface area contributed by atoms with Crippen LogP contribution in [0.5, 0.6) is 0 Å². The number of hydrogen-bond acceptors (Lipinski definition) is 1. The number of benzene rings is 1. The topological polar surface area (TPSA) is 12.0 Å². The Morgan fingerprint density at radius 1 is 1.54 bits per heavy atom. The number of hydrogen-bond donors (Lipinski definition) is 1. The van der Waals surface area contributed by atoms with Gasteiger partial charge in [0.25, 0.3) is 0 Å². The van der Waals surface area contributed by atoms with Gasteiger partial charge in [0.05, 0.1) is 0 Å². The Balaban J connectivity index is 2.26. The second kappa shape index (κ2) is 3.59. The first-order chi connectivity index (χ1) is 6.29. The van der Waals surface area contributed by atoms with Crippen molar-refractivity contribution in [3.05, 3.63) is 28.8 Å². The summed E-state index contributed by atoms with van der Waals surface area (Å²) in [5.41, 5.74) is 2.62. The van der Waals surface area contributed by atoms with Crippen LogP contribution >= 0.6 is 11.6 Å². The Morgan fingerprint density at radius 2 is 2.38 bits per heavy atom. The molecule has 1 aromatic rings. The van der Waals surface area contributed by atoms with Gasteiger partial charge in [-0.15, -0.1) is 0 Å². The maximum absolute atomic E-state index is 5.92. The molecule has 70 valence electrons. The second-order valence-electron chi connectivity index (χ2n) is 3.59. The van der Waals surface area contributed by atoms with E-state index in [1.165, 1.54) is 24.1 Å². The summed E-state index contributed by atoms with van der Waals surface area (Å²) < 4.78 is 0. The maximum Gasteiger partial charge on any atom is 0.0410 e. The molecule has 1 heterocycles. The zero-order valence-electron chi connectivity index (χ0n) is 7.81. The maximum atomic E-state index is 5.92. The molecule has 0 bridgehead atoms. The van der Waals surface area contributed by atoms with Crippen LogP contribution in [-0.2, 0) is 6.42 Å². The van der Waals surface area contributed by atoms with Gasteiger partial charge in [0, 0.05) is 16.8 Å². The molecule has 1 N–H and O–H groups in total. The summed E-state index contributed by atoms with van der Waals surface area (Å²) in [7, 11) is 0. The number of nitrogens with one attached hydrogen (secondary N) is 1. The summed E-state index contributed by atoms with van der Waals surface area (Å²) in [6.07, 6.45) is 3.58. The van der Waals surface area contributed by atoms with Crippen molar-refractivity contribution in [1.82, 2.24) is 0 Å². The Labute approximate surface area is 84.1 Å². The minimum absolute atomic E-state index is 0.647. The van der Waals surface area contributed by atoms with Crippen LogP contribution in [0.1, 0.15) is 25.3 Å². The van der Waals surface area contributed by atoms with E-state index in [9.17, 15) is 0 Å². The Bertz CT molecular complexity index is 309. The van der Waals surface area contributed by atoms with Gasteiger partial charge in [-0.05, 0) is 43.0 Å². The van der Waals surface area contributed by atoms with E-state index in [1.807, 2.05) is 6.07 Å². The predicted octanol–water partition coefficient (Wildman–Crippen LogP) is 3.48. The molecule has 0 fully saturated rings. The van der Waals surface area contributed by atoms with E-state index in [2.05, 4.69) is 24.4 Å². The molecule has 0 saturated carbocycles. The molecule has 0 aromatic heterocycles. The number of fused-ring (bicyclic) bond motifs is 1. The second-order valence-corrected chi connectivity index (χ2v) is 4.03. The molecule has 1 nitrogen and oxygen atoms in total. The van der Waals surface area contributed by atoms with Crippen LogP contribution in [-0.4, -0.2) is 6.04 Å². The fraction of sp³-hybridized carbons (Fsp3) is 0.455. The average Bonchev–Trinajstić information content (AvgIpc) is 2.17. The van der Waals surface area contributed by atoms with Crippen molar-refractivity contribution in [2.75, 3.05) is 5.32 Å². The highest BCUT2D eigenvalue weighted by atomic mass is 35.5. The number of anilines is 1. The lowest BCUT2D eigenvalue weighted by Gasteiger charge is -2.26. The highest BCUT2D eigenvalue weighted by Crippen LogP contribution is 2.28. The van der Waals surface area contributed by atoms with Gasteiger partial charge in [-0.3, -0.25) is 0 Å². The normalized spacial score (nSPS) is 20.6. The number of halogens is 1. The quantitative estimate of drug-likeness (QED) is 0.724. The Morgan fingerprint density at radius 3 is 3.15 bits per heavy atom. The van der Waals surface area contributed by atoms with Crippen LogP contribution in [0.3, 0.4) is 0 Å². The highest BCUT2D eigenvalue weighted by Gasteiger charge is 2.15. The van der Waals surface area contributed by atoms with Gasteiger partial charge in [0.15, 0.2) is 0 Å². The van der Waals surface area contributed by atoms with Crippen molar-refractivity contribution in [2.24, 2.45) is 0 Å².